The lowest BCUT2D eigenvalue weighted by Gasteiger charge is -2.10. The lowest BCUT2D eigenvalue weighted by Crippen LogP contribution is -2.36. The smallest absolute Gasteiger partial charge is 0.203 e. The summed E-state index contributed by atoms with van der Waals surface area (Å²) in [7, 11) is 0. The second-order valence-corrected chi connectivity index (χ2v) is 2.92. The zero-order valence-electron chi connectivity index (χ0n) is 7.42. The van der Waals surface area contributed by atoms with Crippen molar-refractivity contribution in [2.24, 2.45) is 10.7 Å². The van der Waals surface area contributed by atoms with Crippen molar-refractivity contribution in [1.29, 1.82) is 0 Å². The molecule has 1 atom stereocenters. The van der Waals surface area contributed by atoms with Gasteiger partial charge >= 0.3 is 0 Å². The van der Waals surface area contributed by atoms with Gasteiger partial charge in [0.05, 0.1) is 11.7 Å². The highest BCUT2D eigenvalue weighted by atomic mass is 16.1. The maximum absolute atomic E-state index is 11.6. The summed E-state index contributed by atoms with van der Waals surface area (Å²) in [6.07, 6.45) is 4.72. The predicted octanol–water partition coefficient (Wildman–Crippen LogP) is 0.294. The summed E-state index contributed by atoms with van der Waals surface area (Å²) in [6.45, 7) is 0. The van der Waals surface area contributed by atoms with Crippen molar-refractivity contribution >= 4 is 11.5 Å². The zero-order chi connectivity index (χ0) is 9.97. The van der Waals surface area contributed by atoms with Crippen LogP contribution in [0.5, 0.6) is 0 Å². The van der Waals surface area contributed by atoms with Crippen LogP contribution in [0.4, 0.5) is 0 Å². The highest BCUT2D eigenvalue weighted by molar-refractivity contribution is 6.48. The average molecular weight is 187 g/mol. The van der Waals surface area contributed by atoms with E-state index in [9.17, 15) is 4.79 Å². The summed E-state index contributed by atoms with van der Waals surface area (Å²) in [5.74, 6) is -0.189. The van der Waals surface area contributed by atoms with E-state index in [2.05, 4.69) is 9.98 Å². The maximum Gasteiger partial charge on any atom is 0.203 e. The standard InChI is InChI=1S/C10H9N3O/c11-7-4-6-13-9(10(7)14)8-3-1-2-5-12-8/h1-7H,11H2. The number of carbonyl (C=O) groups is 1. The van der Waals surface area contributed by atoms with E-state index in [-0.39, 0.29) is 5.78 Å². The van der Waals surface area contributed by atoms with Gasteiger partial charge in [0.1, 0.15) is 5.71 Å². The Hall–Kier alpha value is -1.81. The molecule has 4 heteroatoms. The van der Waals surface area contributed by atoms with Crippen molar-refractivity contribution in [3.63, 3.8) is 0 Å². The van der Waals surface area contributed by atoms with E-state index in [0.717, 1.165) is 0 Å². The van der Waals surface area contributed by atoms with Gasteiger partial charge in [0.2, 0.25) is 5.78 Å². The van der Waals surface area contributed by atoms with Crippen molar-refractivity contribution < 1.29 is 4.79 Å². The van der Waals surface area contributed by atoms with Gasteiger partial charge in [-0.1, -0.05) is 6.07 Å². The zero-order valence-corrected chi connectivity index (χ0v) is 7.42. The van der Waals surface area contributed by atoms with Gasteiger partial charge in [0.15, 0.2) is 0 Å². The number of ketones is 1. The Balaban J connectivity index is 2.40. The molecule has 0 spiro atoms. The van der Waals surface area contributed by atoms with Gasteiger partial charge in [-0.15, -0.1) is 0 Å². The van der Waals surface area contributed by atoms with Crippen LogP contribution in [0.25, 0.3) is 0 Å². The SMILES string of the molecule is NC1C=CN=C(c2ccccn2)C1=O. The molecule has 2 rings (SSSR count). The number of pyridine rings is 1. The number of carbonyl (C=O) groups excluding carboxylic acids is 1. The van der Waals surface area contributed by atoms with Crippen LogP contribution in [-0.2, 0) is 4.79 Å². The van der Waals surface area contributed by atoms with Crippen molar-refractivity contribution in [1.82, 2.24) is 4.98 Å². The third kappa shape index (κ3) is 1.47. The molecule has 14 heavy (non-hydrogen) atoms. The first-order valence-corrected chi connectivity index (χ1v) is 4.25. The molecule has 1 aromatic rings. The minimum atomic E-state index is -0.593. The molecule has 0 amide bonds. The number of Topliss-reactive ketones (excluding diaryl/α,β-unsaturated/α-hetero) is 1. The van der Waals surface area contributed by atoms with Gasteiger partial charge in [-0.05, 0) is 18.2 Å². The summed E-state index contributed by atoms with van der Waals surface area (Å²) in [5, 5.41) is 0. The quantitative estimate of drug-likeness (QED) is 0.687. The van der Waals surface area contributed by atoms with Crippen molar-refractivity contribution in [3.05, 3.63) is 42.4 Å². The topological polar surface area (TPSA) is 68.3 Å². The molecule has 70 valence electrons. The summed E-state index contributed by atoms with van der Waals surface area (Å²) in [6, 6.07) is 4.74. The first-order valence-electron chi connectivity index (χ1n) is 4.25. The van der Waals surface area contributed by atoms with E-state index in [0.29, 0.717) is 11.4 Å². The molecule has 0 bridgehead atoms. The summed E-state index contributed by atoms with van der Waals surface area (Å²) in [5.41, 5.74) is 6.46. The first kappa shape index (κ1) is 8.77. The Morgan fingerprint density at radius 2 is 2.21 bits per heavy atom. The fourth-order valence-electron chi connectivity index (χ4n) is 1.21. The maximum atomic E-state index is 11.6. The molecule has 0 fully saturated rings. The third-order valence-corrected chi connectivity index (χ3v) is 1.94. The minimum absolute atomic E-state index is 0.189. The summed E-state index contributed by atoms with van der Waals surface area (Å²) < 4.78 is 0. The fourth-order valence-corrected chi connectivity index (χ4v) is 1.21. The van der Waals surface area contributed by atoms with E-state index in [1.54, 1.807) is 24.4 Å². The van der Waals surface area contributed by atoms with Gasteiger partial charge in [0, 0.05) is 12.4 Å². The summed E-state index contributed by atoms with van der Waals surface area (Å²) >= 11 is 0. The number of hydrogen-bond donors (Lipinski definition) is 1. The molecule has 0 saturated carbocycles. The highest BCUT2D eigenvalue weighted by Gasteiger charge is 2.22. The van der Waals surface area contributed by atoms with Gasteiger partial charge < -0.3 is 5.73 Å². The number of nitrogens with zero attached hydrogens (tertiary/aromatic N) is 2. The Labute approximate surface area is 81.2 Å². The first-order chi connectivity index (χ1) is 6.79. The molecule has 4 nitrogen and oxygen atoms in total. The van der Waals surface area contributed by atoms with Crippen LogP contribution >= 0.6 is 0 Å². The Morgan fingerprint density at radius 3 is 2.93 bits per heavy atom. The number of hydrogen-bond acceptors (Lipinski definition) is 4. The average Bonchev–Trinajstić information content (AvgIpc) is 2.23. The number of aliphatic imine (C=N–C) groups is 1. The van der Waals surface area contributed by atoms with Crippen LogP contribution in [0.15, 0.2) is 41.7 Å². The van der Waals surface area contributed by atoms with Gasteiger partial charge in [0.25, 0.3) is 0 Å². The number of aromatic nitrogens is 1. The van der Waals surface area contributed by atoms with Gasteiger partial charge in [-0.2, -0.15) is 0 Å². The molecule has 0 aromatic carbocycles. The minimum Gasteiger partial charge on any atom is -0.318 e. The highest BCUT2D eigenvalue weighted by Crippen LogP contribution is 2.05. The monoisotopic (exact) mass is 187 g/mol. The van der Waals surface area contributed by atoms with Crippen molar-refractivity contribution in [2.75, 3.05) is 0 Å². The molecule has 1 aliphatic rings. The van der Waals surface area contributed by atoms with E-state index in [1.807, 2.05) is 6.07 Å². The Bertz CT molecular complexity index is 409. The van der Waals surface area contributed by atoms with E-state index < -0.39 is 6.04 Å². The van der Waals surface area contributed by atoms with Crippen molar-refractivity contribution in [2.45, 2.75) is 6.04 Å². The Kier molecular flexibility index (Phi) is 2.20. The van der Waals surface area contributed by atoms with E-state index in [1.165, 1.54) is 6.20 Å². The van der Waals surface area contributed by atoms with Crippen molar-refractivity contribution in [3.8, 4) is 0 Å². The molecule has 2 N–H and O–H groups in total. The molecular weight excluding hydrogens is 178 g/mol. The van der Waals surface area contributed by atoms with Crippen LogP contribution in [0.3, 0.4) is 0 Å². The summed E-state index contributed by atoms with van der Waals surface area (Å²) in [4.78, 5) is 19.6. The largest absolute Gasteiger partial charge is 0.318 e. The predicted molar refractivity (Wildman–Crippen MR) is 52.9 cm³/mol. The van der Waals surface area contributed by atoms with Crippen LogP contribution in [0.1, 0.15) is 5.69 Å². The molecule has 1 aliphatic heterocycles. The van der Waals surface area contributed by atoms with Crippen LogP contribution in [0, 0.1) is 0 Å². The van der Waals surface area contributed by atoms with E-state index in [4.69, 9.17) is 5.73 Å². The third-order valence-electron chi connectivity index (χ3n) is 1.94. The van der Waals surface area contributed by atoms with Crippen LogP contribution in [-0.4, -0.2) is 22.5 Å². The lowest BCUT2D eigenvalue weighted by molar-refractivity contribution is -0.113. The molecule has 0 aliphatic carbocycles. The number of rotatable bonds is 1. The lowest BCUT2D eigenvalue weighted by atomic mass is 10.0. The molecule has 0 saturated heterocycles. The van der Waals surface area contributed by atoms with E-state index >= 15 is 0 Å². The van der Waals surface area contributed by atoms with Crippen LogP contribution in [0.2, 0.25) is 0 Å². The van der Waals surface area contributed by atoms with Gasteiger partial charge in [-0.25, -0.2) is 0 Å². The molecule has 2 heterocycles. The molecule has 1 aromatic heterocycles. The van der Waals surface area contributed by atoms with Gasteiger partial charge in [-0.3, -0.25) is 14.8 Å². The molecular formula is C10H9N3O. The number of nitrogens with two attached hydrogens (primary N) is 1. The molecule has 0 radical (unpaired) electrons. The molecule has 1 unspecified atom stereocenters. The Morgan fingerprint density at radius 1 is 1.36 bits per heavy atom. The fraction of sp³-hybridized carbons (Fsp3) is 0.100. The second-order valence-electron chi connectivity index (χ2n) is 2.92. The van der Waals surface area contributed by atoms with Crippen LogP contribution < -0.4 is 5.73 Å². The normalized spacial score (nSPS) is 20.8. The second kappa shape index (κ2) is 3.51.